The van der Waals surface area contributed by atoms with Gasteiger partial charge in [0.15, 0.2) is 0 Å². The van der Waals surface area contributed by atoms with Gasteiger partial charge >= 0.3 is 0 Å². The van der Waals surface area contributed by atoms with E-state index in [0.717, 1.165) is 34.0 Å². The first-order valence-electron chi connectivity index (χ1n) is 13.5. The standard InChI is InChI=1S/C36H32N2O2/c1-39-33-17-9-5-13-27(33)23-37-31-21-19-25-11-3-7-15-29(25)35(31)36-30-16-8-4-12-26(30)20-22-32(36)38-24-28-14-6-10-18-34(28)40-2/h3-22,37-38H,23-24H2,1-2H3. The van der Waals surface area contributed by atoms with Crippen LogP contribution in [0.1, 0.15) is 11.1 Å². The van der Waals surface area contributed by atoms with Gasteiger partial charge < -0.3 is 20.1 Å². The van der Waals surface area contributed by atoms with Gasteiger partial charge in [0.1, 0.15) is 11.5 Å². The van der Waals surface area contributed by atoms with Crippen LogP contribution in [-0.2, 0) is 13.1 Å². The summed E-state index contributed by atoms with van der Waals surface area (Å²) < 4.78 is 11.3. The van der Waals surface area contributed by atoms with Crippen LogP contribution >= 0.6 is 0 Å². The number of rotatable bonds is 9. The van der Waals surface area contributed by atoms with Crippen LogP contribution in [-0.4, -0.2) is 14.2 Å². The molecule has 2 N–H and O–H groups in total. The number of fused-ring (bicyclic) bond motifs is 2. The molecule has 0 aliphatic rings. The molecule has 40 heavy (non-hydrogen) atoms. The molecule has 0 radical (unpaired) electrons. The molecule has 0 aromatic heterocycles. The van der Waals surface area contributed by atoms with Gasteiger partial charge in [-0.2, -0.15) is 0 Å². The van der Waals surface area contributed by atoms with E-state index in [1.807, 2.05) is 36.4 Å². The van der Waals surface area contributed by atoms with Crippen molar-refractivity contribution in [3.05, 3.63) is 132 Å². The lowest BCUT2D eigenvalue weighted by molar-refractivity contribution is 0.410. The average Bonchev–Trinajstić information content (AvgIpc) is 3.02. The van der Waals surface area contributed by atoms with Crippen molar-refractivity contribution in [1.82, 2.24) is 0 Å². The first-order chi connectivity index (χ1) is 19.8. The minimum absolute atomic E-state index is 0.643. The smallest absolute Gasteiger partial charge is 0.123 e. The van der Waals surface area contributed by atoms with Gasteiger partial charge in [-0.05, 0) is 45.8 Å². The molecule has 4 nitrogen and oxygen atoms in total. The van der Waals surface area contributed by atoms with E-state index < -0.39 is 0 Å². The number of nitrogens with one attached hydrogen (secondary N) is 2. The number of anilines is 2. The summed E-state index contributed by atoms with van der Waals surface area (Å²) in [6, 6.07) is 42.3. The van der Waals surface area contributed by atoms with Crippen LogP contribution in [0.4, 0.5) is 11.4 Å². The Balaban J connectivity index is 1.51. The van der Waals surface area contributed by atoms with Crippen LogP contribution < -0.4 is 20.1 Å². The Labute approximate surface area is 235 Å². The van der Waals surface area contributed by atoms with Crippen molar-refractivity contribution in [2.24, 2.45) is 0 Å². The summed E-state index contributed by atoms with van der Waals surface area (Å²) in [6.45, 7) is 1.29. The van der Waals surface area contributed by atoms with Crippen molar-refractivity contribution < 1.29 is 9.47 Å². The van der Waals surface area contributed by atoms with Gasteiger partial charge in [-0.1, -0.05) is 97.1 Å². The molecule has 0 saturated heterocycles. The molecule has 0 unspecified atom stereocenters. The average molecular weight is 525 g/mol. The zero-order valence-electron chi connectivity index (χ0n) is 22.8. The minimum Gasteiger partial charge on any atom is -0.496 e. The molecule has 6 aromatic rings. The fraction of sp³-hybridized carbons (Fsp3) is 0.111. The van der Waals surface area contributed by atoms with Crippen molar-refractivity contribution in [3.8, 4) is 22.6 Å². The first-order valence-corrected chi connectivity index (χ1v) is 13.5. The third kappa shape index (κ3) is 4.92. The van der Waals surface area contributed by atoms with Crippen LogP contribution in [0.2, 0.25) is 0 Å². The summed E-state index contributed by atoms with van der Waals surface area (Å²) in [5, 5.41) is 12.3. The lowest BCUT2D eigenvalue weighted by Crippen LogP contribution is -2.06. The fourth-order valence-corrected chi connectivity index (χ4v) is 5.46. The number of benzene rings is 6. The van der Waals surface area contributed by atoms with Gasteiger partial charge in [-0.15, -0.1) is 0 Å². The quantitative estimate of drug-likeness (QED) is 0.198. The predicted octanol–water partition coefficient (Wildman–Crippen LogP) is 8.90. The third-order valence-corrected chi connectivity index (χ3v) is 7.43. The van der Waals surface area contributed by atoms with E-state index in [2.05, 4.69) is 95.6 Å². The maximum absolute atomic E-state index is 5.63. The van der Waals surface area contributed by atoms with Crippen molar-refractivity contribution in [3.63, 3.8) is 0 Å². The minimum atomic E-state index is 0.643. The molecule has 0 aliphatic carbocycles. The Morgan fingerprint density at radius 3 is 1.30 bits per heavy atom. The molecule has 0 saturated carbocycles. The molecular formula is C36H32N2O2. The number of hydrogen-bond donors (Lipinski definition) is 2. The van der Waals surface area contributed by atoms with E-state index in [4.69, 9.17) is 9.47 Å². The number of ether oxygens (including phenoxy) is 2. The summed E-state index contributed by atoms with van der Waals surface area (Å²) in [6.07, 6.45) is 0. The van der Waals surface area contributed by atoms with Crippen LogP contribution in [0.5, 0.6) is 11.5 Å². The largest absolute Gasteiger partial charge is 0.496 e. The molecule has 0 atom stereocenters. The van der Waals surface area contributed by atoms with Crippen molar-refractivity contribution in [2.45, 2.75) is 13.1 Å². The Bertz CT molecular complexity index is 1660. The van der Waals surface area contributed by atoms with Gasteiger partial charge in [0.05, 0.1) is 14.2 Å². The zero-order chi connectivity index (χ0) is 27.3. The maximum atomic E-state index is 5.63. The second-order valence-electron chi connectivity index (χ2n) is 9.75. The van der Waals surface area contributed by atoms with E-state index in [1.54, 1.807) is 14.2 Å². The second kappa shape index (κ2) is 11.4. The lowest BCUT2D eigenvalue weighted by atomic mass is 9.90. The van der Waals surface area contributed by atoms with Crippen molar-refractivity contribution in [2.75, 3.05) is 24.9 Å². The normalized spacial score (nSPS) is 10.9. The van der Waals surface area contributed by atoms with Gasteiger partial charge in [-0.25, -0.2) is 0 Å². The summed E-state index contributed by atoms with van der Waals surface area (Å²) in [5.41, 5.74) is 6.70. The van der Waals surface area contributed by atoms with Gasteiger partial charge in [0.25, 0.3) is 0 Å². The number of methoxy groups -OCH3 is 2. The fourth-order valence-electron chi connectivity index (χ4n) is 5.46. The molecular weight excluding hydrogens is 492 g/mol. The predicted molar refractivity (Wildman–Crippen MR) is 168 cm³/mol. The number of para-hydroxylation sites is 2. The van der Waals surface area contributed by atoms with Crippen molar-refractivity contribution >= 4 is 32.9 Å². The molecule has 6 aromatic carbocycles. The second-order valence-corrected chi connectivity index (χ2v) is 9.75. The highest BCUT2D eigenvalue weighted by Gasteiger charge is 2.18. The van der Waals surface area contributed by atoms with E-state index in [0.29, 0.717) is 13.1 Å². The number of hydrogen-bond acceptors (Lipinski definition) is 4. The molecule has 198 valence electrons. The van der Waals surface area contributed by atoms with E-state index >= 15 is 0 Å². The molecule has 0 aliphatic heterocycles. The highest BCUT2D eigenvalue weighted by Crippen LogP contribution is 2.44. The SMILES string of the molecule is COc1ccccc1CNc1ccc2ccccc2c1-c1c(NCc2ccccc2OC)ccc2ccccc12. The maximum Gasteiger partial charge on any atom is 0.123 e. The van der Waals surface area contributed by atoms with E-state index in [9.17, 15) is 0 Å². The van der Waals surface area contributed by atoms with Crippen molar-refractivity contribution in [1.29, 1.82) is 0 Å². The molecule has 0 amide bonds. The monoisotopic (exact) mass is 524 g/mol. The van der Waals surface area contributed by atoms with Crippen LogP contribution in [0.25, 0.3) is 32.7 Å². The Morgan fingerprint density at radius 1 is 0.450 bits per heavy atom. The summed E-state index contributed by atoms with van der Waals surface area (Å²) in [4.78, 5) is 0. The Hall–Kier alpha value is -4.96. The Kier molecular flexibility index (Phi) is 7.23. The molecule has 0 spiro atoms. The van der Waals surface area contributed by atoms with E-state index in [1.165, 1.54) is 32.7 Å². The topological polar surface area (TPSA) is 42.5 Å². The van der Waals surface area contributed by atoms with Gasteiger partial charge in [0, 0.05) is 46.7 Å². The first kappa shape index (κ1) is 25.3. The Morgan fingerprint density at radius 2 is 0.850 bits per heavy atom. The summed E-state index contributed by atoms with van der Waals surface area (Å²) in [5.74, 6) is 1.75. The van der Waals surface area contributed by atoms with Crippen LogP contribution in [0.15, 0.2) is 121 Å². The highest BCUT2D eigenvalue weighted by atomic mass is 16.5. The lowest BCUT2D eigenvalue weighted by Gasteiger charge is -2.21. The van der Waals surface area contributed by atoms with Crippen LogP contribution in [0, 0.1) is 0 Å². The molecule has 0 heterocycles. The summed E-state index contributed by atoms with van der Waals surface area (Å²) in [7, 11) is 3.44. The highest BCUT2D eigenvalue weighted by molar-refractivity contribution is 6.13. The molecule has 4 heteroatoms. The van der Waals surface area contributed by atoms with Gasteiger partial charge in [0.2, 0.25) is 0 Å². The molecule has 0 bridgehead atoms. The van der Waals surface area contributed by atoms with Crippen LogP contribution in [0.3, 0.4) is 0 Å². The zero-order valence-corrected chi connectivity index (χ0v) is 22.8. The van der Waals surface area contributed by atoms with E-state index in [-0.39, 0.29) is 0 Å². The molecule has 0 fully saturated rings. The molecule has 6 rings (SSSR count). The summed E-state index contributed by atoms with van der Waals surface area (Å²) >= 11 is 0. The third-order valence-electron chi connectivity index (χ3n) is 7.43. The van der Waals surface area contributed by atoms with Gasteiger partial charge in [-0.3, -0.25) is 0 Å².